The Labute approximate surface area is 123 Å². The maximum Gasteiger partial charge on any atom is 0.123 e. The molecule has 1 aliphatic rings. The van der Waals surface area contributed by atoms with E-state index < -0.39 is 0 Å². The predicted octanol–water partition coefficient (Wildman–Crippen LogP) is 3.04. The van der Waals surface area contributed by atoms with E-state index in [0.29, 0.717) is 0 Å². The number of hydrogen-bond acceptors (Lipinski definition) is 2. The first-order valence-electron chi connectivity index (χ1n) is 6.95. The lowest BCUT2D eigenvalue weighted by atomic mass is 10.1. The summed E-state index contributed by atoms with van der Waals surface area (Å²) in [5, 5.41) is 1.04. The smallest absolute Gasteiger partial charge is 0.123 e. The van der Waals surface area contributed by atoms with Gasteiger partial charge in [-0.2, -0.15) is 0 Å². The van der Waals surface area contributed by atoms with Crippen LogP contribution in [0.5, 0.6) is 0 Å². The summed E-state index contributed by atoms with van der Waals surface area (Å²) in [7, 11) is 0. The van der Waals surface area contributed by atoms with E-state index in [2.05, 4.69) is 32.7 Å². The Bertz CT molecular complexity index is 411. The molecule has 2 rings (SSSR count). The lowest BCUT2D eigenvalue weighted by Gasteiger charge is -2.22. The van der Waals surface area contributed by atoms with Crippen molar-refractivity contribution >= 4 is 15.9 Å². The molecular weight excluding hydrogens is 307 g/mol. The van der Waals surface area contributed by atoms with Crippen molar-refractivity contribution in [3.63, 3.8) is 0 Å². The molecule has 4 heteroatoms. The molecule has 0 aromatic heterocycles. The Hall–Kier alpha value is -0.450. The third-order valence-electron chi connectivity index (χ3n) is 3.79. The molecular formula is C15H22BrFN2. The van der Waals surface area contributed by atoms with E-state index in [4.69, 9.17) is 0 Å². The van der Waals surface area contributed by atoms with Crippen LogP contribution >= 0.6 is 15.9 Å². The second-order valence-electron chi connectivity index (χ2n) is 5.23. The maximum atomic E-state index is 13.3. The van der Waals surface area contributed by atoms with Crippen LogP contribution in [-0.2, 0) is 6.54 Å². The summed E-state index contributed by atoms with van der Waals surface area (Å²) in [5.74, 6) is -0.128. The summed E-state index contributed by atoms with van der Waals surface area (Å²) in [4.78, 5) is 4.93. The van der Waals surface area contributed by atoms with Crippen LogP contribution in [0.4, 0.5) is 4.39 Å². The molecule has 0 amide bonds. The van der Waals surface area contributed by atoms with Gasteiger partial charge in [0.15, 0.2) is 0 Å². The van der Waals surface area contributed by atoms with Crippen molar-refractivity contribution < 1.29 is 4.39 Å². The van der Waals surface area contributed by atoms with Crippen LogP contribution in [0.3, 0.4) is 0 Å². The van der Waals surface area contributed by atoms with Gasteiger partial charge >= 0.3 is 0 Å². The van der Waals surface area contributed by atoms with E-state index in [1.807, 2.05) is 6.07 Å². The lowest BCUT2D eigenvalue weighted by molar-refractivity contribution is 0.258. The van der Waals surface area contributed by atoms with Crippen LogP contribution in [0, 0.1) is 12.7 Å². The highest BCUT2D eigenvalue weighted by Crippen LogP contribution is 2.14. The van der Waals surface area contributed by atoms with E-state index in [1.54, 1.807) is 12.1 Å². The SMILES string of the molecule is Cc1ccc(F)cc1CN1CCCN(CCBr)CC1. The van der Waals surface area contributed by atoms with Crippen molar-refractivity contribution in [1.29, 1.82) is 0 Å². The molecule has 1 heterocycles. The zero-order valence-corrected chi connectivity index (χ0v) is 13.1. The first-order chi connectivity index (χ1) is 9.19. The number of rotatable bonds is 4. The molecule has 19 heavy (non-hydrogen) atoms. The molecule has 106 valence electrons. The molecule has 0 saturated carbocycles. The first kappa shape index (κ1) is 14.9. The van der Waals surface area contributed by atoms with Crippen molar-refractivity contribution in [2.45, 2.75) is 19.9 Å². The van der Waals surface area contributed by atoms with Gasteiger partial charge < -0.3 is 4.90 Å². The molecule has 0 atom stereocenters. The minimum Gasteiger partial charge on any atom is -0.301 e. The van der Waals surface area contributed by atoms with E-state index in [9.17, 15) is 4.39 Å². The quantitative estimate of drug-likeness (QED) is 0.784. The second kappa shape index (κ2) is 7.36. The average molecular weight is 329 g/mol. The predicted molar refractivity (Wildman–Crippen MR) is 81.3 cm³/mol. The monoisotopic (exact) mass is 328 g/mol. The van der Waals surface area contributed by atoms with Crippen molar-refractivity contribution in [2.75, 3.05) is 38.1 Å². The highest BCUT2D eigenvalue weighted by atomic mass is 79.9. The maximum absolute atomic E-state index is 13.3. The van der Waals surface area contributed by atoms with Crippen LogP contribution in [0.1, 0.15) is 17.5 Å². The minimum atomic E-state index is -0.128. The van der Waals surface area contributed by atoms with E-state index >= 15 is 0 Å². The summed E-state index contributed by atoms with van der Waals surface area (Å²) in [6.07, 6.45) is 1.20. The summed E-state index contributed by atoms with van der Waals surface area (Å²) in [6, 6.07) is 5.09. The summed E-state index contributed by atoms with van der Waals surface area (Å²) in [5.41, 5.74) is 2.30. The molecule has 2 nitrogen and oxygen atoms in total. The molecule has 0 bridgehead atoms. The Kier molecular flexibility index (Phi) is 5.79. The molecule has 0 radical (unpaired) electrons. The topological polar surface area (TPSA) is 6.48 Å². The zero-order valence-electron chi connectivity index (χ0n) is 11.5. The van der Waals surface area contributed by atoms with Crippen molar-refractivity contribution in [1.82, 2.24) is 9.80 Å². The molecule has 0 spiro atoms. The minimum absolute atomic E-state index is 0.128. The Morgan fingerprint density at radius 3 is 2.68 bits per heavy atom. The summed E-state index contributed by atoms with van der Waals surface area (Å²) < 4.78 is 13.3. The van der Waals surface area contributed by atoms with Crippen LogP contribution in [0.25, 0.3) is 0 Å². The number of benzene rings is 1. The van der Waals surface area contributed by atoms with Gasteiger partial charge in [-0.1, -0.05) is 22.0 Å². The van der Waals surface area contributed by atoms with Gasteiger partial charge in [0.1, 0.15) is 5.82 Å². The van der Waals surface area contributed by atoms with Crippen LogP contribution in [0.2, 0.25) is 0 Å². The first-order valence-corrected chi connectivity index (χ1v) is 8.07. The van der Waals surface area contributed by atoms with E-state index in [0.717, 1.165) is 43.6 Å². The molecule has 0 unspecified atom stereocenters. The fraction of sp³-hybridized carbons (Fsp3) is 0.600. The van der Waals surface area contributed by atoms with E-state index in [-0.39, 0.29) is 5.82 Å². The third-order valence-corrected chi connectivity index (χ3v) is 4.14. The number of alkyl halides is 1. The van der Waals surface area contributed by atoms with Gasteiger partial charge in [0.2, 0.25) is 0 Å². The van der Waals surface area contributed by atoms with Crippen molar-refractivity contribution in [3.05, 3.63) is 35.1 Å². The normalized spacial score (nSPS) is 18.5. The van der Waals surface area contributed by atoms with Gasteiger partial charge in [-0.3, -0.25) is 4.90 Å². The van der Waals surface area contributed by atoms with E-state index in [1.165, 1.54) is 18.5 Å². The van der Waals surface area contributed by atoms with Gasteiger partial charge in [0, 0.05) is 31.5 Å². The highest BCUT2D eigenvalue weighted by Gasteiger charge is 2.15. The largest absolute Gasteiger partial charge is 0.301 e. The standard InChI is InChI=1S/C15H22BrFN2/c1-13-3-4-15(17)11-14(13)12-19-7-2-6-18(8-5-16)9-10-19/h3-4,11H,2,5-10,12H2,1H3. The van der Waals surface area contributed by atoms with Crippen molar-refractivity contribution in [3.8, 4) is 0 Å². The molecule has 0 aliphatic carbocycles. The Morgan fingerprint density at radius 2 is 1.89 bits per heavy atom. The van der Waals surface area contributed by atoms with Gasteiger partial charge in [-0.15, -0.1) is 0 Å². The molecule has 1 fully saturated rings. The second-order valence-corrected chi connectivity index (χ2v) is 6.02. The fourth-order valence-electron chi connectivity index (χ4n) is 2.58. The van der Waals surface area contributed by atoms with Crippen LogP contribution < -0.4 is 0 Å². The average Bonchev–Trinajstić information content (AvgIpc) is 2.60. The summed E-state index contributed by atoms with van der Waals surface area (Å²) >= 11 is 3.50. The van der Waals surface area contributed by atoms with Gasteiger partial charge in [0.05, 0.1) is 0 Å². The Balaban J connectivity index is 1.94. The number of hydrogen-bond donors (Lipinski definition) is 0. The van der Waals surface area contributed by atoms with Crippen molar-refractivity contribution in [2.24, 2.45) is 0 Å². The number of halogens is 2. The van der Waals surface area contributed by atoms with Crippen LogP contribution in [-0.4, -0.2) is 47.9 Å². The summed E-state index contributed by atoms with van der Waals surface area (Å²) in [6.45, 7) is 8.50. The molecule has 0 N–H and O–H groups in total. The van der Waals surface area contributed by atoms with Gasteiger partial charge in [-0.25, -0.2) is 4.39 Å². The lowest BCUT2D eigenvalue weighted by Crippen LogP contribution is -2.31. The van der Waals surface area contributed by atoms with Gasteiger partial charge in [-0.05, 0) is 49.7 Å². The van der Waals surface area contributed by atoms with Gasteiger partial charge in [0.25, 0.3) is 0 Å². The molecule has 1 saturated heterocycles. The fourth-order valence-corrected chi connectivity index (χ4v) is 3.08. The number of nitrogens with zero attached hydrogens (tertiary/aromatic N) is 2. The van der Waals surface area contributed by atoms with Crippen LogP contribution in [0.15, 0.2) is 18.2 Å². The highest BCUT2D eigenvalue weighted by molar-refractivity contribution is 9.09. The molecule has 1 aromatic rings. The third kappa shape index (κ3) is 4.55. The number of aryl methyl sites for hydroxylation is 1. The molecule has 1 aliphatic heterocycles. The Morgan fingerprint density at radius 1 is 1.16 bits per heavy atom. The molecule has 1 aromatic carbocycles. The zero-order chi connectivity index (χ0) is 13.7.